The number of carbonyl (C=O) groups excluding carboxylic acids is 1. The summed E-state index contributed by atoms with van der Waals surface area (Å²) < 4.78 is 0. The lowest BCUT2D eigenvalue weighted by Crippen LogP contribution is -2.47. The second-order valence-electron chi connectivity index (χ2n) is 5.04. The smallest absolute Gasteiger partial charge is 0.237 e. The third-order valence-corrected chi connectivity index (χ3v) is 3.30. The van der Waals surface area contributed by atoms with Gasteiger partial charge in [0.05, 0.1) is 6.04 Å². The van der Waals surface area contributed by atoms with Gasteiger partial charge in [0.15, 0.2) is 0 Å². The second-order valence-corrected chi connectivity index (χ2v) is 5.04. The van der Waals surface area contributed by atoms with Gasteiger partial charge in [-0.2, -0.15) is 0 Å². The van der Waals surface area contributed by atoms with Crippen molar-refractivity contribution in [3.8, 4) is 0 Å². The number of nitrogens with zero attached hydrogens (tertiary/aromatic N) is 1. The molecule has 0 aliphatic heterocycles. The van der Waals surface area contributed by atoms with Crippen LogP contribution in [-0.2, 0) is 11.3 Å². The Bertz CT molecular complexity index is 418. The number of amides is 1. The van der Waals surface area contributed by atoms with Crippen molar-refractivity contribution in [2.24, 2.45) is 0 Å². The van der Waals surface area contributed by atoms with Crippen molar-refractivity contribution in [3.63, 3.8) is 0 Å². The summed E-state index contributed by atoms with van der Waals surface area (Å²) in [6.45, 7) is 9.39. The zero-order valence-electron chi connectivity index (χ0n) is 12.3. The molecule has 106 valence electrons. The van der Waals surface area contributed by atoms with E-state index < -0.39 is 0 Å². The lowest BCUT2D eigenvalue weighted by atomic mass is 10.1. The molecule has 0 saturated heterocycles. The molecular weight excluding hydrogens is 238 g/mol. The maximum atomic E-state index is 12.0. The molecule has 19 heavy (non-hydrogen) atoms. The minimum absolute atomic E-state index is 0.0608. The number of nitrogens with one attached hydrogen (secondary N) is 1. The Kier molecular flexibility index (Phi) is 5.83. The van der Waals surface area contributed by atoms with Crippen LogP contribution in [0, 0.1) is 0 Å². The van der Waals surface area contributed by atoms with Gasteiger partial charge < -0.3 is 11.1 Å². The fourth-order valence-electron chi connectivity index (χ4n) is 2.11. The normalized spacial score (nSPS) is 12.7. The molecule has 0 spiro atoms. The van der Waals surface area contributed by atoms with Crippen molar-refractivity contribution in [2.45, 2.75) is 46.3 Å². The molecule has 4 nitrogen and oxygen atoms in total. The van der Waals surface area contributed by atoms with Crippen LogP contribution < -0.4 is 11.1 Å². The maximum absolute atomic E-state index is 12.0. The molecule has 0 aliphatic rings. The molecule has 0 aliphatic carbocycles. The Morgan fingerprint density at radius 1 is 1.32 bits per heavy atom. The van der Waals surface area contributed by atoms with Crippen molar-refractivity contribution in [1.29, 1.82) is 0 Å². The largest absolute Gasteiger partial charge is 0.398 e. The maximum Gasteiger partial charge on any atom is 0.237 e. The third kappa shape index (κ3) is 4.24. The van der Waals surface area contributed by atoms with E-state index >= 15 is 0 Å². The fraction of sp³-hybridized carbons (Fsp3) is 0.533. The van der Waals surface area contributed by atoms with Gasteiger partial charge in [-0.05, 0) is 39.3 Å². The van der Waals surface area contributed by atoms with Gasteiger partial charge >= 0.3 is 0 Å². The van der Waals surface area contributed by atoms with Crippen LogP contribution in [0.3, 0.4) is 0 Å². The molecule has 0 fully saturated rings. The van der Waals surface area contributed by atoms with E-state index in [0.717, 1.165) is 11.3 Å². The van der Waals surface area contributed by atoms with E-state index in [9.17, 15) is 4.79 Å². The van der Waals surface area contributed by atoms with Gasteiger partial charge in [-0.1, -0.05) is 18.2 Å². The van der Waals surface area contributed by atoms with Gasteiger partial charge in [0, 0.05) is 24.8 Å². The number of rotatable bonds is 6. The highest BCUT2D eigenvalue weighted by Gasteiger charge is 2.23. The average Bonchev–Trinajstić information content (AvgIpc) is 2.37. The monoisotopic (exact) mass is 263 g/mol. The molecule has 0 heterocycles. The first-order chi connectivity index (χ1) is 8.97. The van der Waals surface area contributed by atoms with E-state index in [1.165, 1.54) is 0 Å². The molecule has 1 aromatic carbocycles. The summed E-state index contributed by atoms with van der Waals surface area (Å²) in [5.74, 6) is 0.0608. The quantitative estimate of drug-likeness (QED) is 0.772. The highest BCUT2D eigenvalue weighted by Crippen LogP contribution is 2.17. The molecule has 0 saturated carbocycles. The van der Waals surface area contributed by atoms with Gasteiger partial charge in [-0.15, -0.1) is 0 Å². The molecule has 1 aromatic rings. The Morgan fingerprint density at radius 2 is 1.95 bits per heavy atom. The van der Waals surface area contributed by atoms with Crippen LogP contribution in [0.2, 0.25) is 0 Å². The minimum atomic E-state index is -0.167. The number of hydrogen-bond acceptors (Lipinski definition) is 3. The zero-order chi connectivity index (χ0) is 14.4. The minimum Gasteiger partial charge on any atom is -0.398 e. The number of anilines is 1. The number of benzene rings is 1. The summed E-state index contributed by atoms with van der Waals surface area (Å²) in [7, 11) is 0. The van der Waals surface area contributed by atoms with Crippen LogP contribution in [0.4, 0.5) is 5.69 Å². The summed E-state index contributed by atoms with van der Waals surface area (Å²) in [4.78, 5) is 14.1. The average molecular weight is 263 g/mol. The van der Waals surface area contributed by atoms with Gasteiger partial charge in [-0.25, -0.2) is 0 Å². The van der Waals surface area contributed by atoms with Gasteiger partial charge in [0.25, 0.3) is 0 Å². The predicted molar refractivity (Wildman–Crippen MR) is 79.7 cm³/mol. The van der Waals surface area contributed by atoms with E-state index in [0.29, 0.717) is 13.1 Å². The summed E-state index contributed by atoms with van der Waals surface area (Å²) in [5, 5.41) is 2.87. The first-order valence-electron chi connectivity index (χ1n) is 6.84. The van der Waals surface area contributed by atoms with Crippen LogP contribution in [0.25, 0.3) is 0 Å². The van der Waals surface area contributed by atoms with Crippen LogP contribution >= 0.6 is 0 Å². The fourth-order valence-corrected chi connectivity index (χ4v) is 2.11. The van der Waals surface area contributed by atoms with Crippen molar-refractivity contribution >= 4 is 11.6 Å². The zero-order valence-corrected chi connectivity index (χ0v) is 12.3. The number of para-hydroxylation sites is 1. The van der Waals surface area contributed by atoms with Crippen LogP contribution in [0.5, 0.6) is 0 Å². The molecular formula is C15H25N3O. The Labute approximate surface area is 116 Å². The van der Waals surface area contributed by atoms with Crippen molar-refractivity contribution in [2.75, 3.05) is 12.3 Å². The van der Waals surface area contributed by atoms with Crippen molar-refractivity contribution in [3.05, 3.63) is 29.8 Å². The predicted octanol–water partition coefficient (Wildman–Crippen LogP) is 2.00. The molecule has 1 unspecified atom stereocenters. The second kappa shape index (κ2) is 7.14. The first kappa shape index (κ1) is 15.5. The number of likely N-dealkylation sites (N-methyl/N-ethyl adjacent to an activating group) is 1. The molecule has 4 heteroatoms. The Hall–Kier alpha value is -1.55. The van der Waals surface area contributed by atoms with E-state index in [1.54, 1.807) is 0 Å². The number of hydrogen-bond donors (Lipinski definition) is 2. The number of nitrogens with two attached hydrogens (primary N) is 1. The molecule has 1 atom stereocenters. The summed E-state index contributed by atoms with van der Waals surface area (Å²) in [5.41, 5.74) is 7.81. The summed E-state index contributed by atoms with van der Waals surface area (Å²) in [6, 6.07) is 7.91. The van der Waals surface area contributed by atoms with Gasteiger partial charge in [0.1, 0.15) is 0 Å². The molecule has 3 N–H and O–H groups in total. The van der Waals surface area contributed by atoms with E-state index in [-0.39, 0.29) is 18.0 Å². The van der Waals surface area contributed by atoms with E-state index in [4.69, 9.17) is 5.73 Å². The lowest BCUT2D eigenvalue weighted by molar-refractivity contribution is -0.126. The summed E-state index contributed by atoms with van der Waals surface area (Å²) in [6.07, 6.45) is 0. The van der Waals surface area contributed by atoms with Crippen LogP contribution in [-0.4, -0.2) is 29.4 Å². The molecule has 0 aromatic heterocycles. The Morgan fingerprint density at radius 3 is 2.47 bits per heavy atom. The van der Waals surface area contributed by atoms with Gasteiger partial charge in [0.2, 0.25) is 5.91 Å². The molecule has 0 bridgehead atoms. The topological polar surface area (TPSA) is 58.4 Å². The first-order valence-corrected chi connectivity index (χ1v) is 6.84. The lowest BCUT2D eigenvalue weighted by Gasteiger charge is -2.32. The highest BCUT2D eigenvalue weighted by molar-refractivity contribution is 5.81. The third-order valence-electron chi connectivity index (χ3n) is 3.30. The molecule has 0 radical (unpaired) electrons. The van der Waals surface area contributed by atoms with Crippen molar-refractivity contribution in [1.82, 2.24) is 10.2 Å². The van der Waals surface area contributed by atoms with Gasteiger partial charge in [-0.3, -0.25) is 9.69 Å². The van der Waals surface area contributed by atoms with E-state index in [1.807, 2.05) is 38.1 Å². The Balaban J connectivity index is 2.84. The molecule has 1 rings (SSSR count). The molecule has 1 amide bonds. The number of nitrogen functional groups attached to an aromatic ring is 1. The van der Waals surface area contributed by atoms with Crippen molar-refractivity contribution < 1.29 is 4.79 Å². The standard InChI is InChI=1S/C15H25N3O/c1-5-17-15(19)12(4)18(11(2)3)10-13-8-6-7-9-14(13)16/h6-9,11-12H,5,10,16H2,1-4H3,(H,17,19). The summed E-state index contributed by atoms with van der Waals surface area (Å²) >= 11 is 0. The SMILES string of the molecule is CCNC(=O)C(C)N(Cc1ccccc1N)C(C)C. The highest BCUT2D eigenvalue weighted by atomic mass is 16.2. The van der Waals surface area contributed by atoms with E-state index in [2.05, 4.69) is 24.1 Å². The number of carbonyl (C=O) groups is 1. The van der Waals surface area contributed by atoms with Crippen LogP contribution in [0.1, 0.15) is 33.3 Å². The van der Waals surface area contributed by atoms with Crippen LogP contribution in [0.15, 0.2) is 24.3 Å².